The maximum Gasteiger partial charge on any atom is 0.204 e. The van der Waals surface area contributed by atoms with Crippen LogP contribution >= 0.6 is 0 Å². The standard InChI is InChI=1S/C29H44F2O2/c1-3-5-6-8-22-10-14-24(15-11-22)25-16-12-23(13-17-25)9-7-21-33-27-19-18-26(32-20-4-2)28(30)29(27)31/h7,9,18-19,22-25H,3-6,8,10-17,20-21H2,1-2H3. The molecular weight excluding hydrogens is 418 g/mol. The Hall–Kier alpha value is -1.58. The van der Waals surface area contributed by atoms with Crippen molar-refractivity contribution in [1.29, 1.82) is 0 Å². The zero-order valence-electron chi connectivity index (χ0n) is 20.8. The molecule has 2 aliphatic rings. The van der Waals surface area contributed by atoms with E-state index in [1.807, 2.05) is 13.0 Å². The van der Waals surface area contributed by atoms with Crippen LogP contribution < -0.4 is 9.47 Å². The molecule has 1 aromatic carbocycles. The van der Waals surface area contributed by atoms with Crippen LogP contribution in [0, 0.1) is 35.3 Å². The lowest BCUT2D eigenvalue weighted by atomic mass is 9.68. The third-order valence-electron chi connectivity index (χ3n) is 7.81. The fourth-order valence-corrected chi connectivity index (χ4v) is 5.78. The van der Waals surface area contributed by atoms with Gasteiger partial charge in [0.15, 0.2) is 11.5 Å². The van der Waals surface area contributed by atoms with Crippen molar-refractivity contribution in [3.63, 3.8) is 0 Å². The number of benzene rings is 1. The average molecular weight is 463 g/mol. The SMILES string of the molecule is CCCCCC1CCC(C2CCC(C=CCOc3ccc(OCCC)c(F)c3F)CC2)CC1. The van der Waals surface area contributed by atoms with Crippen LogP contribution in [0.25, 0.3) is 0 Å². The molecule has 0 bridgehead atoms. The summed E-state index contributed by atoms with van der Waals surface area (Å²) in [6, 6.07) is 2.88. The summed E-state index contributed by atoms with van der Waals surface area (Å²) < 4.78 is 38.9. The Morgan fingerprint density at radius 1 is 0.788 bits per heavy atom. The topological polar surface area (TPSA) is 18.5 Å². The van der Waals surface area contributed by atoms with Gasteiger partial charge in [0.1, 0.15) is 6.61 Å². The van der Waals surface area contributed by atoms with Crippen LogP contribution in [0.15, 0.2) is 24.3 Å². The molecule has 186 valence electrons. The summed E-state index contributed by atoms with van der Waals surface area (Å²) in [7, 11) is 0. The number of allylic oxidation sites excluding steroid dienone is 1. The zero-order valence-corrected chi connectivity index (χ0v) is 20.8. The number of rotatable bonds is 12. The maximum absolute atomic E-state index is 14.2. The molecule has 1 aromatic rings. The van der Waals surface area contributed by atoms with Crippen molar-refractivity contribution in [3.8, 4) is 11.5 Å². The molecule has 0 spiro atoms. The molecule has 0 aliphatic heterocycles. The molecule has 0 unspecified atom stereocenters. The number of halogens is 2. The molecule has 33 heavy (non-hydrogen) atoms. The van der Waals surface area contributed by atoms with Gasteiger partial charge >= 0.3 is 0 Å². The first kappa shape index (κ1) is 26.0. The number of unbranched alkanes of at least 4 members (excludes halogenated alkanes) is 2. The van der Waals surface area contributed by atoms with E-state index in [2.05, 4.69) is 13.0 Å². The minimum Gasteiger partial charge on any atom is -0.490 e. The first-order valence-electron chi connectivity index (χ1n) is 13.5. The van der Waals surface area contributed by atoms with Gasteiger partial charge in [0.2, 0.25) is 11.6 Å². The molecule has 0 atom stereocenters. The third kappa shape index (κ3) is 8.00. The summed E-state index contributed by atoms with van der Waals surface area (Å²) in [5.41, 5.74) is 0. The molecule has 2 fully saturated rings. The number of hydrogen-bond acceptors (Lipinski definition) is 2. The largest absolute Gasteiger partial charge is 0.490 e. The van der Waals surface area contributed by atoms with Gasteiger partial charge < -0.3 is 9.47 Å². The molecule has 2 aliphatic carbocycles. The van der Waals surface area contributed by atoms with Crippen molar-refractivity contribution in [2.24, 2.45) is 23.7 Å². The van der Waals surface area contributed by atoms with Gasteiger partial charge in [0.25, 0.3) is 0 Å². The molecule has 0 saturated heterocycles. The van der Waals surface area contributed by atoms with Gasteiger partial charge in [-0.1, -0.05) is 64.5 Å². The average Bonchev–Trinajstić information content (AvgIpc) is 2.85. The van der Waals surface area contributed by atoms with Gasteiger partial charge in [-0.05, 0) is 80.8 Å². The molecule has 2 saturated carbocycles. The van der Waals surface area contributed by atoms with E-state index in [1.165, 1.54) is 89.2 Å². The molecule has 0 amide bonds. The Balaban J connectivity index is 1.34. The monoisotopic (exact) mass is 462 g/mol. The van der Waals surface area contributed by atoms with E-state index >= 15 is 0 Å². The van der Waals surface area contributed by atoms with Gasteiger partial charge in [-0.3, -0.25) is 0 Å². The second-order valence-corrected chi connectivity index (χ2v) is 10.2. The highest BCUT2D eigenvalue weighted by Gasteiger charge is 2.30. The van der Waals surface area contributed by atoms with Crippen LogP contribution in [0.4, 0.5) is 8.78 Å². The Labute approximate surface area is 200 Å². The highest BCUT2D eigenvalue weighted by molar-refractivity contribution is 5.35. The lowest BCUT2D eigenvalue weighted by Gasteiger charge is -2.37. The Morgan fingerprint density at radius 3 is 2.00 bits per heavy atom. The second-order valence-electron chi connectivity index (χ2n) is 10.2. The van der Waals surface area contributed by atoms with E-state index in [0.29, 0.717) is 12.5 Å². The van der Waals surface area contributed by atoms with E-state index in [4.69, 9.17) is 9.47 Å². The highest BCUT2D eigenvalue weighted by Crippen LogP contribution is 2.42. The fraction of sp³-hybridized carbons (Fsp3) is 0.724. The lowest BCUT2D eigenvalue weighted by Crippen LogP contribution is -2.25. The van der Waals surface area contributed by atoms with Crippen molar-refractivity contribution in [2.75, 3.05) is 13.2 Å². The first-order valence-corrected chi connectivity index (χ1v) is 13.5. The number of hydrogen-bond donors (Lipinski definition) is 0. The normalized spacial score (nSPS) is 25.9. The van der Waals surface area contributed by atoms with Crippen LogP contribution in [0.5, 0.6) is 11.5 Å². The van der Waals surface area contributed by atoms with Crippen LogP contribution in [0.3, 0.4) is 0 Å². The van der Waals surface area contributed by atoms with Crippen molar-refractivity contribution < 1.29 is 18.3 Å². The zero-order chi connectivity index (χ0) is 23.5. The summed E-state index contributed by atoms with van der Waals surface area (Å²) in [4.78, 5) is 0. The van der Waals surface area contributed by atoms with Crippen LogP contribution in [-0.4, -0.2) is 13.2 Å². The highest BCUT2D eigenvalue weighted by atomic mass is 19.2. The summed E-state index contributed by atoms with van der Waals surface area (Å²) >= 11 is 0. The van der Waals surface area contributed by atoms with E-state index in [-0.39, 0.29) is 18.1 Å². The smallest absolute Gasteiger partial charge is 0.204 e. The molecule has 0 N–H and O–H groups in total. The fourth-order valence-electron chi connectivity index (χ4n) is 5.78. The van der Waals surface area contributed by atoms with Gasteiger partial charge in [-0.25, -0.2) is 0 Å². The van der Waals surface area contributed by atoms with Crippen LogP contribution in [0.2, 0.25) is 0 Å². The minimum absolute atomic E-state index is 0.0565. The molecule has 0 aromatic heterocycles. The summed E-state index contributed by atoms with van der Waals surface area (Å²) in [5.74, 6) is 1.37. The van der Waals surface area contributed by atoms with E-state index in [9.17, 15) is 8.78 Å². The minimum atomic E-state index is -0.974. The third-order valence-corrected chi connectivity index (χ3v) is 7.81. The van der Waals surface area contributed by atoms with Crippen molar-refractivity contribution in [3.05, 3.63) is 35.9 Å². The summed E-state index contributed by atoms with van der Waals surface area (Å²) in [6.45, 7) is 4.83. The molecular formula is C29H44F2O2. The Kier molecular flexibility index (Phi) is 11.0. The Bertz CT molecular complexity index is 717. The van der Waals surface area contributed by atoms with Gasteiger partial charge in [0.05, 0.1) is 6.61 Å². The maximum atomic E-state index is 14.2. The van der Waals surface area contributed by atoms with E-state index < -0.39 is 11.6 Å². The predicted molar refractivity (Wildman–Crippen MR) is 132 cm³/mol. The van der Waals surface area contributed by atoms with Crippen molar-refractivity contribution in [2.45, 2.75) is 97.3 Å². The predicted octanol–water partition coefficient (Wildman–Crippen LogP) is 8.88. The first-order chi connectivity index (χ1) is 16.1. The van der Waals surface area contributed by atoms with Crippen LogP contribution in [-0.2, 0) is 0 Å². The van der Waals surface area contributed by atoms with E-state index in [1.54, 1.807) is 0 Å². The molecule has 0 radical (unpaired) electrons. The second kappa shape index (κ2) is 14.0. The van der Waals surface area contributed by atoms with Gasteiger partial charge in [-0.15, -0.1) is 0 Å². The molecule has 3 rings (SSSR count). The van der Waals surface area contributed by atoms with Crippen molar-refractivity contribution in [1.82, 2.24) is 0 Å². The lowest BCUT2D eigenvalue weighted by molar-refractivity contribution is 0.151. The quantitative estimate of drug-likeness (QED) is 0.228. The van der Waals surface area contributed by atoms with Gasteiger partial charge in [0, 0.05) is 0 Å². The summed E-state index contributed by atoms with van der Waals surface area (Å²) in [5, 5.41) is 0. The van der Waals surface area contributed by atoms with E-state index in [0.717, 1.165) is 24.2 Å². The van der Waals surface area contributed by atoms with Crippen LogP contribution in [0.1, 0.15) is 97.3 Å². The number of ether oxygens (including phenoxy) is 2. The molecule has 2 nitrogen and oxygen atoms in total. The Morgan fingerprint density at radius 2 is 1.39 bits per heavy atom. The van der Waals surface area contributed by atoms with Gasteiger partial charge in [-0.2, -0.15) is 8.78 Å². The summed E-state index contributed by atoms with van der Waals surface area (Å²) in [6.07, 6.45) is 21.5. The molecule has 0 heterocycles. The molecule has 4 heteroatoms. The van der Waals surface area contributed by atoms with Crippen molar-refractivity contribution >= 4 is 0 Å².